The molecule has 1 atom stereocenters. The minimum Gasteiger partial charge on any atom is -0.508 e. The molecule has 152 valence electrons. The van der Waals surface area contributed by atoms with Gasteiger partial charge in [-0.3, -0.25) is 14.9 Å². The first-order valence-corrected chi connectivity index (χ1v) is 8.30. The summed E-state index contributed by atoms with van der Waals surface area (Å²) in [6.45, 7) is 1.50. The highest BCUT2D eigenvalue weighted by Crippen LogP contribution is 2.35. The molecule has 8 nitrogen and oxygen atoms in total. The molecule has 3 aromatic rings. The number of hydrogen-bond donors (Lipinski definition) is 2. The molecule has 0 radical (unpaired) electrons. The molecular formula is C18H15F3N4O4. The van der Waals surface area contributed by atoms with Gasteiger partial charge in [-0.05, 0) is 36.8 Å². The summed E-state index contributed by atoms with van der Waals surface area (Å²) in [5.74, 6) is 0.00327. The number of non-ortho nitro benzene ring substituents is 1. The van der Waals surface area contributed by atoms with Gasteiger partial charge in [0.15, 0.2) is 5.82 Å². The second-order valence-electron chi connectivity index (χ2n) is 6.44. The van der Waals surface area contributed by atoms with Crippen molar-refractivity contribution in [2.75, 3.05) is 5.32 Å². The molecule has 2 N–H and O–H groups in total. The fourth-order valence-electron chi connectivity index (χ4n) is 2.89. The van der Waals surface area contributed by atoms with E-state index < -0.39 is 34.0 Å². The number of benzene rings is 2. The summed E-state index contributed by atoms with van der Waals surface area (Å²) in [6.07, 6.45) is -4.76. The van der Waals surface area contributed by atoms with Gasteiger partial charge in [-0.1, -0.05) is 0 Å². The van der Waals surface area contributed by atoms with Crippen molar-refractivity contribution < 1.29 is 23.2 Å². The summed E-state index contributed by atoms with van der Waals surface area (Å²) in [6, 6.07) is 5.52. The highest BCUT2D eigenvalue weighted by Gasteiger charge is 2.33. The Hall–Kier alpha value is -3.63. The number of hydrogen-bond acceptors (Lipinski definition) is 6. The first-order valence-electron chi connectivity index (χ1n) is 8.30. The van der Waals surface area contributed by atoms with E-state index in [4.69, 9.17) is 0 Å². The Kier molecular flexibility index (Phi) is 4.91. The first-order chi connectivity index (χ1) is 13.5. The predicted octanol–water partition coefficient (Wildman–Crippen LogP) is 3.74. The zero-order chi connectivity index (χ0) is 21.5. The number of aromatic nitrogens is 2. The minimum atomic E-state index is -4.76. The Morgan fingerprint density at radius 3 is 2.52 bits per heavy atom. The van der Waals surface area contributed by atoms with Gasteiger partial charge in [-0.2, -0.15) is 18.3 Å². The van der Waals surface area contributed by atoms with E-state index in [-0.39, 0.29) is 27.9 Å². The molecule has 0 saturated carbocycles. The maximum atomic E-state index is 13.1. The van der Waals surface area contributed by atoms with E-state index in [1.54, 1.807) is 0 Å². The predicted molar refractivity (Wildman–Crippen MR) is 98.8 cm³/mol. The third kappa shape index (κ3) is 3.98. The number of nitro benzene ring substituents is 1. The number of aromatic hydroxyl groups is 1. The van der Waals surface area contributed by atoms with E-state index >= 15 is 0 Å². The van der Waals surface area contributed by atoms with Crippen LogP contribution < -0.4 is 10.9 Å². The number of fused-ring (bicyclic) bond motifs is 1. The van der Waals surface area contributed by atoms with Crippen LogP contribution in [0.1, 0.15) is 24.1 Å². The van der Waals surface area contributed by atoms with Crippen LogP contribution in [0.2, 0.25) is 0 Å². The molecule has 0 fully saturated rings. The highest BCUT2D eigenvalue weighted by atomic mass is 19.4. The largest absolute Gasteiger partial charge is 0.508 e. The van der Waals surface area contributed by atoms with Crippen molar-refractivity contribution in [2.24, 2.45) is 7.05 Å². The van der Waals surface area contributed by atoms with Gasteiger partial charge in [-0.15, -0.1) is 0 Å². The molecule has 11 heteroatoms. The maximum Gasteiger partial charge on any atom is 0.416 e. The lowest BCUT2D eigenvalue weighted by atomic mass is 10.0. The van der Waals surface area contributed by atoms with E-state index in [2.05, 4.69) is 10.4 Å². The van der Waals surface area contributed by atoms with Crippen molar-refractivity contribution in [3.05, 3.63) is 68.0 Å². The fraction of sp³-hybridized carbons (Fsp3) is 0.222. The molecule has 0 amide bonds. The number of anilines is 1. The third-order valence-electron chi connectivity index (χ3n) is 4.36. The van der Waals surface area contributed by atoms with E-state index in [0.717, 1.165) is 16.8 Å². The van der Waals surface area contributed by atoms with Gasteiger partial charge in [0.1, 0.15) is 5.75 Å². The molecule has 1 heterocycles. The molecule has 1 aromatic heterocycles. The van der Waals surface area contributed by atoms with Crippen LogP contribution in [0.3, 0.4) is 0 Å². The van der Waals surface area contributed by atoms with Gasteiger partial charge in [0.25, 0.3) is 11.2 Å². The molecule has 2 aromatic carbocycles. The summed E-state index contributed by atoms with van der Waals surface area (Å²) in [5.41, 5.74) is -2.26. The smallest absolute Gasteiger partial charge is 0.416 e. The van der Waals surface area contributed by atoms with Gasteiger partial charge in [0.2, 0.25) is 0 Å². The zero-order valence-corrected chi connectivity index (χ0v) is 15.2. The van der Waals surface area contributed by atoms with Crippen LogP contribution in [0.25, 0.3) is 10.8 Å². The topological polar surface area (TPSA) is 110 Å². The number of alkyl halides is 3. The number of phenols is 1. The SMILES string of the molecule is C[C@@H](Nc1nn(C)c(=O)c2ccc(O)cc12)c1cc([N+](=O)[O-])cc(C(F)(F)F)c1. The van der Waals surface area contributed by atoms with Crippen LogP contribution >= 0.6 is 0 Å². The number of halogens is 3. The van der Waals surface area contributed by atoms with Gasteiger partial charge >= 0.3 is 6.18 Å². The van der Waals surface area contributed by atoms with E-state index in [9.17, 15) is 33.2 Å². The Morgan fingerprint density at radius 2 is 1.90 bits per heavy atom. The molecule has 0 aliphatic carbocycles. The molecule has 3 rings (SSSR count). The molecule has 0 aliphatic heterocycles. The summed E-state index contributed by atoms with van der Waals surface area (Å²) in [4.78, 5) is 22.4. The number of nitro groups is 1. The average molecular weight is 408 g/mol. The normalized spacial score (nSPS) is 12.7. The molecule has 0 bridgehead atoms. The second-order valence-corrected chi connectivity index (χ2v) is 6.44. The third-order valence-corrected chi connectivity index (χ3v) is 4.36. The monoisotopic (exact) mass is 408 g/mol. The maximum absolute atomic E-state index is 13.1. The van der Waals surface area contributed by atoms with Crippen molar-refractivity contribution in [3.63, 3.8) is 0 Å². The molecule has 0 saturated heterocycles. The van der Waals surface area contributed by atoms with Gasteiger partial charge < -0.3 is 10.4 Å². The molecule has 0 aliphatic rings. The van der Waals surface area contributed by atoms with Crippen LogP contribution in [0.15, 0.2) is 41.2 Å². The lowest BCUT2D eigenvalue weighted by Crippen LogP contribution is -2.22. The Balaban J connectivity index is 2.09. The van der Waals surface area contributed by atoms with Gasteiger partial charge in [0, 0.05) is 24.6 Å². The lowest BCUT2D eigenvalue weighted by Gasteiger charge is -2.18. The van der Waals surface area contributed by atoms with Crippen molar-refractivity contribution in [3.8, 4) is 5.75 Å². The van der Waals surface area contributed by atoms with E-state index in [1.165, 1.54) is 32.2 Å². The van der Waals surface area contributed by atoms with Crippen molar-refractivity contribution in [1.82, 2.24) is 9.78 Å². The Bertz CT molecular complexity index is 1170. The van der Waals surface area contributed by atoms with Crippen LogP contribution in [0.4, 0.5) is 24.7 Å². The molecule has 29 heavy (non-hydrogen) atoms. The fourth-order valence-corrected chi connectivity index (χ4v) is 2.89. The van der Waals surface area contributed by atoms with Crippen LogP contribution in [0.5, 0.6) is 5.75 Å². The molecule has 0 spiro atoms. The lowest BCUT2D eigenvalue weighted by molar-refractivity contribution is -0.385. The van der Waals surface area contributed by atoms with Crippen LogP contribution in [-0.4, -0.2) is 19.8 Å². The zero-order valence-electron chi connectivity index (χ0n) is 15.2. The van der Waals surface area contributed by atoms with Crippen molar-refractivity contribution >= 4 is 22.3 Å². The average Bonchev–Trinajstić information content (AvgIpc) is 2.64. The quantitative estimate of drug-likeness (QED) is 0.503. The summed E-state index contributed by atoms with van der Waals surface area (Å²) in [7, 11) is 1.40. The number of nitrogens with zero attached hydrogens (tertiary/aromatic N) is 3. The number of nitrogens with one attached hydrogen (secondary N) is 1. The van der Waals surface area contributed by atoms with Crippen molar-refractivity contribution in [1.29, 1.82) is 0 Å². The summed E-state index contributed by atoms with van der Waals surface area (Å²) in [5, 5.41) is 28.2. The standard InChI is InChI=1S/C18H15F3N4O4/c1-9(10-5-11(18(19,20)21)7-12(6-10)25(28)29)22-16-15-8-13(26)3-4-14(15)17(27)24(2)23-16/h3-9,26H,1-2H3,(H,22,23)/t9-/m1/s1. The molecule has 0 unspecified atom stereocenters. The van der Waals surface area contributed by atoms with Gasteiger partial charge in [-0.25, -0.2) is 4.68 Å². The number of rotatable bonds is 4. The second kappa shape index (κ2) is 7.08. The van der Waals surface area contributed by atoms with Crippen LogP contribution in [0, 0.1) is 10.1 Å². The minimum absolute atomic E-state index is 0.00970. The summed E-state index contributed by atoms with van der Waals surface area (Å²) >= 11 is 0. The highest BCUT2D eigenvalue weighted by molar-refractivity contribution is 5.92. The van der Waals surface area contributed by atoms with Gasteiger partial charge in [0.05, 0.1) is 21.9 Å². The van der Waals surface area contributed by atoms with Crippen molar-refractivity contribution in [2.45, 2.75) is 19.1 Å². The first kappa shape index (κ1) is 20.1. The van der Waals surface area contributed by atoms with E-state index in [1.807, 2.05) is 0 Å². The Morgan fingerprint density at radius 1 is 1.21 bits per heavy atom. The summed E-state index contributed by atoms with van der Waals surface area (Å²) < 4.78 is 40.4. The van der Waals surface area contributed by atoms with Crippen LogP contribution in [-0.2, 0) is 13.2 Å². The Labute approximate surface area is 161 Å². The number of aryl methyl sites for hydroxylation is 1. The number of phenolic OH excluding ortho intramolecular Hbond substituents is 1. The van der Waals surface area contributed by atoms with E-state index in [0.29, 0.717) is 6.07 Å². The molecular weight excluding hydrogens is 393 g/mol.